The van der Waals surface area contributed by atoms with Crippen LogP contribution in [-0.2, 0) is 9.47 Å². The highest BCUT2D eigenvalue weighted by Crippen LogP contribution is 2.14. The van der Waals surface area contributed by atoms with Crippen molar-refractivity contribution < 1.29 is 19.4 Å². The fraction of sp³-hybridized carbons (Fsp3) is 0.556. The van der Waals surface area contributed by atoms with E-state index in [1.54, 1.807) is 7.11 Å². The van der Waals surface area contributed by atoms with Crippen LogP contribution in [0, 0.1) is 0 Å². The molecule has 0 aliphatic carbocycles. The van der Waals surface area contributed by atoms with Crippen molar-refractivity contribution >= 4 is 22.4 Å². The number of thiazole rings is 1. The Labute approximate surface area is 97.2 Å². The predicted octanol–water partition coefficient (Wildman–Crippen LogP) is 0.916. The number of hydrogen-bond acceptors (Lipinski definition) is 6. The van der Waals surface area contributed by atoms with E-state index < -0.39 is 5.97 Å². The molecule has 0 spiro atoms. The van der Waals surface area contributed by atoms with Gasteiger partial charge in [0.05, 0.1) is 19.8 Å². The number of aromatic carboxylic acids is 1. The first kappa shape index (κ1) is 12.9. The van der Waals surface area contributed by atoms with Crippen LogP contribution in [0.25, 0.3) is 0 Å². The molecule has 0 radical (unpaired) electrons. The molecule has 16 heavy (non-hydrogen) atoms. The standard InChI is InChI=1S/C9H14N2O4S/c1-14-4-5-15-3-2-10-9-11-7(6-16-9)8(12)13/h6H,2-5H2,1H3,(H,10,11)(H,12,13). The molecule has 0 unspecified atom stereocenters. The number of nitrogens with zero attached hydrogens (tertiary/aromatic N) is 1. The van der Waals surface area contributed by atoms with Gasteiger partial charge in [-0.3, -0.25) is 0 Å². The molecule has 7 heteroatoms. The number of carboxylic acid groups (broad SMARTS) is 1. The summed E-state index contributed by atoms with van der Waals surface area (Å²) in [6.07, 6.45) is 0. The lowest BCUT2D eigenvalue weighted by atomic mass is 10.5. The number of hydrogen-bond donors (Lipinski definition) is 2. The maximum absolute atomic E-state index is 10.5. The van der Waals surface area contributed by atoms with E-state index >= 15 is 0 Å². The maximum Gasteiger partial charge on any atom is 0.355 e. The van der Waals surface area contributed by atoms with Gasteiger partial charge in [0.15, 0.2) is 10.8 Å². The summed E-state index contributed by atoms with van der Waals surface area (Å²) in [5, 5.41) is 13.7. The van der Waals surface area contributed by atoms with E-state index in [1.165, 1.54) is 16.7 Å². The van der Waals surface area contributed by atoms with Crippen LogP contribution in [0.4, 0.5) is 5.13 Å². The summed E-state index contributed by atoms with van der Waals surface area (Å²) >= 11 is 1.26. The topological polar surface area (TPSA) is 80.7 Å². The lowest BCUT2D eigenvalue weighted by Crippen LogP contribution is -2.12. The quantitative estimate of drug-likeness (QED) is 0.664. The molecule has 0 aliphatic heterocycles. The molecule has 0 saturated carbocycles. The van der Waals surface area contributed by atoms with E-state index in [4.69, 9.17) is 14.6 Å². The van der Waals surface area contributed by atoms with Crippen molar-refractivity contribution in [2.24, 2.45) is 0 Å². The number of aromatic nitrogens is 1. The van der Waals surface area contributed by atoms with Crippen LogP contribution in [0.5, 0.6) is 0 Å². The predicted molar refractivity (Wildman–Crippen MR) is 60.3 cm³/mol. The molecule has 0 amide bonds. The van der Waals surface area contributed by atoms with Gasteiger partial charge in [-0.2, -0.15) is 0 Å². The van der Waals surface area contributed by atoms with Gasteiger partial charge in [0.2, 0.25) is 0 Å². The number of ether oxygens (including phenoxy) is 2. The number of nitrogens with one attached hydrogen (secondary N) is 1. The van der Waals surface area contributed by atoms with E-state index in [1.807, 2.05) is 0 Å². The van der Waals surface area contributed by atoms with Gasteiger partial charge < -0.3 is 19.9 Å². The summed E-state index contributed by atoms with van der Waals surface area (Å²) in [7, 11) is 1.62. The Bertz CT molecular complexity index is 329. The van der Waals surface area contributed by atoms with Crippen LogP contribution >= 0.6 is 11.3 Å². The Morgan fingerprint density at radius 3 is 3.00 bits per heavy atom. The van der Waals surface area contributed by atoms with Gasteiger partial charge in [0.1, 0.15) is 0 Å². The summed E-state index contributed by atoms with van der Waals surface area (Å²) in [4.78, 5) is 14.4. The van der Waals surface area contributed by atoms with Crippen molar-refractivity contribution in [3.63, 3.8) is 0 Å². The zero-order valence-electron chi connectivity index (χ0n) is 8.93. The van der Waals surface area contributed by atoms with Gasteiger partial charge in [-0.15, -0.1) is 11.3 Å². The SMILES string of the molecule is COCCOCCNc1nc(C(=O)O)cs1. The molecule has 0 saturated heterocycles. The molecule has 6 nitrogen and oxygen atoms in total. The van der Waals surface area contributed by atoms with Crippen molar-refractivity contribution in [2.75, 3.05) is 38.8 Å². The van der Waals surface area contributed by atoms with E-state index in [9.17, 15) is 4.79 Å². The molecule has 0 aromatic carbocycles. The van der Waals surface area contributed by atoms with E-state index in [-0.39, 0.29) is 5.69 Å². The van der Waals surface area contributed by atoms with Crippen LogP contribution < -0.4 is 5.32 Å². The lowest BCUT2D eigenvalue weighted by molar-refractivity contribution is 0.0691. The minimum Gasteiger partial charge on any atom is -0.476 e. The highest BCUT2D eigenvalue weighted by molar-refractivity contribution is 7.13. The number of carbonyl (C=O) groups is 1. The molecule has 1 aromatic heterocycles. The van der Waals surface area contributed by atoms with Crippen LogP contribution in [0.3, 0.4) is 0 Å². The molecule has 90 valence electrons. The molecular formula is C9H14N2O4S. The molecule has 0 aliphatic rings. The number of methoxy groups -OCH3 is 1. The second-order valence-corrected chi connectivity index (χ2v) is 3.73. The second kappa shape index (κ2) is 7.15. The van der Waals surface area contributed by atoms with Gasteiger partial charge in [-0.05, 0) is 0 Å². The summed E-state index contributed by atoms with van der Waals surface area (Å²) < 4.78 is 10.0. The fourth-order valence-electron chi connectivity index (χ4n) is 0.928. The van der Waals surface area contributed by atoms with E-state index in [2.05, 4.69) is 10.3 Å². The minimum absolute atomic E-state index is 0.0628. The number of anilines is 1. The zero-order chi connectivity index (χ0) is 11.8. The van der Waals surface area contributed by atoms with Crippen molar-refractivity contribution in [1.29, 1.82) is 0 Å². The van der Waals surface area contributed by atoms with Crippen LogP contribution in [0.15, 0.2) is 5.38 Å². The number of carboxylic acids is 1. The molecule has 1 rings (SSSR count). The third-order valence-electron chi connectivity index (χ3n) is 1.68. The fourth-order valence-corrected chi connectivity index (χ4v) is 1.64. The van der Waals surface area contributed by atoms with Crippen molar-refractivity contribution in [3.05, 3.63) is 11.1 Å². The molecule has 1 heterocycles. The third-order valence-corrected chi connectivity index (χ3v) is 2.48. The Balaban J connectivity index is 2.14. The summed E-state index contributed by atoms with van der Waals surface area (Å²) in [6, 6.07) is 0. The van der Waals surface area contributed by atoms with Gasteiger partial charge in [-0.25, -0.2) is 9.78 Å². The Kier molecular flexibility index (Phi) is 5.76. The smallest absolute Gasteiger partial charge is 0.355 e. The number of rotatable bonds is 8. The monoisotopic (exact) mass is 246 g/mol. The first-order valence-electron chi connectivity index (χ1n) is 4.73. The largest absolute Gasteiger partial charge is 0.476 e. The summed E-state index contributed by atoms with van der Waals surface area (Å²) in [5.41, 5.74) is 0.0628. The maximum atomic E-state index is 10.5. The average Bonchev–Trinajstić information content (AvgIpc) is 2.72. The highest BCUT2D eigenvalue weighted by atomic mass is 32.1. The van der Waals surface area contributed by atoms with Gasteiger partial charge >= 0.3 is 5.97 Å². The first-order valence-corrected chi connectivity index (χ1v) is 5.61. The van der Waals surface area contributed by atoms with Crippen molar-refractivity contribution in [1.82, 2.24) is 4.98 Å². The molecular weight excluding hydrogens is 232 g/mol. The van der Waals surface area contributed by atoms with E-state index in [0.717, 1.165) is 0 Å². The second-order valence-electron chi connectivity index (χ2n) is 2.87. The van der Waals surface area contributed by atoms with Gasteiger partial charge in [0, 0.05) is 19.0 Å². The highest BCUT2D eigenvalue weighted by Gasteiger charge is 2.07. The molecule has 1 aromatic rings. The van der Waals surface area contributed by atoms with Crippen LogP contribution in [0.2, 0.25) is 0 Å². The Morgan fingerprint density at radius 2 is 2.38 bits per heavy atom. The first-order chi connectivity index (χ1) is 7.74. The minimum atomic E-state index is -1.01. The van der Waals surface area contributed by atoms with E-state index in [0.29, 0.717) is 31.5 Å². The third kappa shape index (κ3) is 4.56. The van der Waals surface area contributed by atoms with Crippen LogP contribution in [-0.4, -0.2) is 49.5 Å². The molecule has 0 bridgehead atoms. The normalized spacial score (nSPS) is 10.3. The van der Waals surface area contributed by atoms with Crippen LogP contribution in [0.1, 0.15) is 10.5 Å². The van der Waals surface area contributed by atoms with Crippen molar-refractivity contribution in [3.8, 4) is 0 Å². The Hall–Kier alpha value is -1.18. The summed E-state index contributed by atoms with van der Waals surface area (Å²) in [6.45, 7) is 2.25. The van der Waals surface area contributed by atoms with Gasteiger partial charge in [0.25, 0.3) is 0 Å². The zero-order valence-corrected chi connectivity index (χ0v) is 9.75. The average molecular weight is 246 g/mol. The summed E-state index contributed by atoms with van der Waals surface area (Å²) in [5.74, 6) is -1.01. The molecule has 0 atom stereocenters. The molecule has 2 N–H and O–H groups in total. The van der Waals surface area contributed by atoms with Gasteiger partial charge in [-0.1, -0.05) is 0 Å². The van der Waals surface area contributed by atoms with Crippen molar-refractivity contribution in [2.45, 2.75) is 0 Å². The Morgan fingerprint density at radius 1 is 1.56 bits per heavy atom. The lowest BCUT2D eigenvalue weighted by Gasteiger charge is -2.03. The molecule has 0 fully saturated rings.